The Bertz CT molecular complexity index is 2970. The van der Waals surface area contributed by atoms with Gasteiger partial charge < -0.3 is 4.74 Å². The fourth-order valence-corrected chi connectivity index (χ4v) is 8.12. The molecule has 0 amide bonds. The van der Waals surface area contributed by atoms with Crippen molar-refractivity contribution in [2.75, 3.05) is 0 Å². The lowest BCUT2D eigenvalue weighted by molar-refractivity contribution is 0.483. The maximum absolute atomic E-state index is 6.67. The van der Waals surface area contributed by atoms with Crippen LogP contribution >= 0.6 is 0 Å². The van der Waals surface area contributed by atoms with Gasteiger partial charge in [0.2, 0.25) is 0 Å². The van der Waals surface area contributed by atoms with Gasteiger partial charge in [-0.3, -0.25) is 4.57 Å². The smallest absolute Gasteiger partial charge is 0.191 e. The first-order valence-electron chi connectivity index (χ1n) is 19.1. The highest BCUT2D eigenvalue weighted by Crippen LogP contribution is 2.42. The SMILES string of the molecule is CC(C)n1[cH+]n(-c2cccc(Oc3ccc4c5ccccc5n(-c5cc(-c6c(-c7ccccc7)cccc6-c6ccccc6)ccn5)c4c3)c2)c2ccccc21. The van der Waals surface area contributed by atoms with Gasteiger partial charge in [0, 0.05) is 47.3 Å². The summed E-state index contributed by atoms with van der Waals surface area (Å²) in [6.07, 6.45) is 4.11. The van der Waals surface area contributed by atoms with E-state index in [1.165, 1.54) is 33.3 Å². The Kier molecular flexibility index (Phi) is 8.26. The lowest BCUT2D eigenvalue weighted by Gasteiger charge is -2.17. The first kappa shape index (κ1) is 33.3. The monoisotopic (exact) mass is 723 g/mol. The van der Waals surface area contributed by atoms with Gasteiger partial charge in [-0.15, -0.1) is 0 Å². The van der Waals surface area contributed by atoms with Crippen LogP contribution in [0.25, 0.3) is 77.7 Å². The summed E-state index contributed by atoms with van der Waals surface area (Å²) in [6.45, 7) is 4.42. The van der Waals surface area contributed by atoms with Gasteiger partial charge in [0.15, 0.2) is 17.4 Å². The summed E-state index contributed by atoms with van der Waals surface area (Å²) < 4.78 is 13.5. The third-order valence-corrected chi connectivity index (χ3v) is 10.7. The molecule has 0 radical (unpaired) electrons. The first-order chi connectivity index (χ1) is 27.6. The molecule has 0 unspecified atom stereocenters. The zero-order chi connectivity index (χ0) is 37.6. The van der Waals surface area contributed by atoms with Gasteiger partial charge in [0.05, 0.1) is 17.1 Å². The lowest BCUT2D eigenvalue weighted by atomic mass is 9.88. The summed E-state index contributed by atoms with van der Waals surface area (Å²) in [6, 6.07) is 64.3. The molecule has 5 nitrogen and oxygen atoms in total. The molecule has 0 N–H and O–H groups in total. The van der Waals surface area contributed by atoms with Gasteiger partial charge in [-0.2, -0.15) is 4.57 Å². The first-order valence-corrected chi connectivity index (χ1v) is 19.1. The number of pyridine rings is 1. The minimum Gasteiger partial charge on any atom is -0.456 e. The summed E-state index contributed by atoms with van der Waals surface area (Å²) in [5.74, 6) is 2.36. The van der Waals surface area contributed by atoms with Gasteiger partial charge in [-0.1, -0.05) is 97.1 Å². The molecule has 0 aliphatic carbocycles. The molecule has 0 aliphatic heterocycles. The largest absolute Gasteiger partial charge is 0.456 e. The number of imidazole rings is 1. The Hall–Kier alpha value is -7.24. The number of para-hydroxylation sites is 3. The molecule has 3 aromatic heterocycles. The Morgan fingerprint density at radius 1 is 0.500 bits per heavy atom. The van der Waals surface area contributed by atoms with Crippen molar-refractivity contribution in [2.24, 2.45) is 0 Å². The second kappa shape index (κ2) is 13.9. The van der Waals surface area contributed by atoms with Crippen LogP contribution in [-0.2, 0) is 0 Å². The topological polar surface area (TPSA) is 36.9 Å². The summed E-state index contributed by atoms with van der Waals surface area (Å²) in [7, 11) is 0. The Morgan fingerprint density at radius 3 is 1.86 bits per heavy atom. The highest BCUT2D eigenvalue weighted by molar-refractivity contribution is 6.09. The molecule has 3 heterocycles. The van der Waals surface area contributed by atoms with Crippen molar-refractivity contribution in [3.05, 3.63) is 195 Å². The van der Waals surface area contributed by atoms with Crippen LogP contribution in [0, 0.1) is 0 Å². The molecule has 7 aromatic carbocycles. The van der Waals surface area contributed by atoms with Crippen LogP contribution in [0.3, 0.4) is 0 Å². The molecule has 10 aromatic rings. The van der Waals surface area contributed by atoms with Crippen molar-refractivity contribution in [3.8, 4) is 56.4 Å². The van der Waals surface area contributed by atoms with Crippen molar-refractivity contribution in [2.45, 2.75) is 19.9 Å². The van der Waals surface area contributed by atoms with E-state index in [0.29, 0.717) is 6.04 Å². The molecule has 10 rings (SSSR count). The fourth-order valence-electron chi connectivity index (χ4n) is 8.12. The predicted octanol–water partition coefficient (Wildman–Crippen LogP) is 13.6. The minimum absolute atomic E-state index is 0.332. The molecular weight excluding hydrogens is 685 g/mol. The van der Waals surface area contributed by atoms with Gasteiger partial charge in [0.25, 0.3) is 0 Å². The van der Waals surface area contributed by atoms with E-state index in [4.69, 9.17) is 9.72 Å². The molecule has 0 aliphatic rings. The lowest BCUT2D eigenvalue weighted by Crippen LogP contribution is -1.99. The quantitative estimate of drug-likeness (QED) is 0.146. The number of hydrogen-bond donors (Lipinski definition) is 0. The standard InChI is InChI=1S/C51H39N4O/c1-35(2)53-34-54(48-26-12-11-25-47(48)53)39-19-13-20-40(32-39)56-41-27-28-45-44-21-9-10-24-46(44)55(49(45)33-41)50-31-38(29-30-52-50)51-42(36-15-5-3-6-16-36)22-14-23-43(51)37-17-7-4-8-18-37/h3-35H,1-2H3/q+1. The Balaban J connectivity index is 1.09. The number of nitrogens with zero attached hydrogens (tertiary/aromatic N) is 4. The number of aromatic nitrogens is 4. The van der Waals surface area contributed by atoms with Crippen LogP contribution < -0.4 is 4.74 Å². The molecule has 56 heavy (non-hydrogen) atoms. The Morgan fingerprint density at radius 2 is 1.12 bits per heavy atom. The zero-order valence-corrected chi connectivity index (χ0v) is 31.2. The number of fused-ring (bicyclic) bond motifs is 4. The van der Waals surface area contributed by atoms with E-state index in [1.807, 2.05) is 12.3 Å². The van der Waals surface area contributed by atoms with Crippen molar-refractivity contribution in [3.63, 3.8) is 0 Å². The molecule has 0 saturated carbocycles. The molecule has 0 spiro atoms. The molecule has 0 bridgehead atoms. The van der Waals surface area contributed by atoms with Crippen LogP contribution in [0.15, 0.2) is 195 Å². The third kappa shape index (κ3) is 5.82. The molecule has 5 heteroatoms. The van der Waals surface area contributed by atoms with Crippen molar-refractivity contribution in [1.82, 2.24) is 18.7 Å². The van der Waals surface area contributed by atoms with Crippen molar-refractivity contribution >= 4 is 32.8 Å². The van der Waals surface area contributed by atoms with Gasteiger partial charge in [-0.25, -0.2) is 9.55 Å². The van der Waals surface area contributed by atoms with Gasteiger partial charge in [-0.05, 0) is 102 Å². The fraction of sp³-hybridized carbons (Fsp3) is 0.0588. The van der Waals surface area contributed by atoms with Crippen LogP contribution in [0.1, 0.15) is 19.9 Å². The van der Waals surface area contributed by atoms with Gasteiger partial charge in [0.1, 0.15) is 23.0 Å². The molecule has 0 saturated heterocycles. The normalized spacial score (nSPS) is 11.6. The van der Waals surface area contributed by atoms with Crippen LogP contribution in [0.5, 0.6) is 11.5 Å². The highest BCUT2D eigenvalue weighted by atomic mass is 16.5. The maximum Gasteiger partial charge on any atom is 0.191 e. The maximum atomic E-state index is 6.67. The van der Waals surface area contributed by atoms with E-state index in [1.54, 1.807) is 0 Å². The van der Waals surface area contributed by atoms with Crippen molar-refractivity contribution < 1.29 is 4.74 Å². The number of hydrogen-bond acceptors (Lipinski definition) is 2. The molecule has 0 atom stereocenters. The molecule has 0 fully saturated rings. The minimum atomic E-state index is 0.332. The summed E-state index contributed by atoms with van der Waals surface area (Å²) in [5.41, 5.74) is 12.5. The van der Waals surface area contributed by atoms with E-state index < -0.39 is 0 Å². The van der Waals surface area contributed by atoms with E-state index in [0.717, 1.165) is 55.9 Å². The third-order valence-electron chi connectivity index (χ3n) is 10.7. The average Bonchev–Trinajstić information content (AvgIpc) is 3.81. The summed E-state index contributed by atoms with van der Waals surface area (Å²) >= 11 is 0. The number of ether oxygens (including phenoxy) is 1. The summed E-state index contributed by atoms with van der Waals surface area (Å²) in [4.78, 5) is 5.03. The number of rotatable bonds is 8. The summed E-state index contributed by atoms with van der Waals surface area (Å²) in [5, 5.41) is 2.30. The van der Waals surface area contributed by atoms with E-state index in [2.05, 4.69) is 210 Å². The van der Waals surface area contributed by atoms with Crippen LogP contribution in [0.2, 0.25) is 0 Å². The van der Waals surface area contributed by atoms with E-state index in [9.17, 15) is 0 Å². The molecular formula is C51H39N4O+. The Labute approximate surface area is 326 Å². The van der Waals surface area contributed by atoms with Crippen molar-refractivity contribution in [1.29, 1.82) is 0 Å². The average molecular weight is 724 g/mol. The van der Waals surface area contributed by atoms with Crippen LogP contribution in [0.4, 0.5) is 0 Å². The second-order valence-electron chi connectivity index (χ2n) is 14.5. The highest BCUT2D eigenvalue weighted by Gasteiger charge is 2.20. The van der Waals surface area contributed by atoms with E-state index in [-0.39, 0.29) is 0 Å². The zero-order valence-electron chi connectivity index (χ0n) is 31.2. The second-order valence-corrected chi connectivity index (χ2v) is 14.5. The predicted molar refractivity (Wildman–Crippen MR) is 231 cm³/mol. The van der Waals surface area contributed by atoms with Gasteiger partial charge >= 0.3 is 0 Å². The number of benzene rings is 7. The van der Waals surface area contributed by atoms with Crippen LogP contribution in [-0.4, -0.2) is 18.7 Å². The molecule has 268 valence electrons. The van der Waals surface area contributed by atoms with E-state index >= 15 is 0 Å².